The summed E-state index contributed by atoms with van der Waals surface area (Å²) in [6.07, 6.45) is 5.58. The van der Waals surface area contributed by atoms with Gasteiger partial charge >= 0.3 is 0 Å². The number of amides is 2. The molecule has 1 atom stereocenters. The van der Waals surface area contributed by atoms with Gasteiger partial charge < -0.3 is 10.2 Å². The summed E-state index contributed by atoms with van der Waals surface area (Å²) >= 11 is 18.7. The Balaban J connectivity index is 1.60. The molecule has 0 saturated heterocycles. The Kier molecular flexibility index (Phi) is 11.8. The molecule has 3 aromatic rings. The van der Waals surface area contributed by atoms with Crippen LogP contribution in [0.1, 0.15) is 49.7 Å². The Labute approximate surface area is 269 Å². The zero-order valence-corrected chi connectivity index (χ0v) is 27.1. The number of carbonyl (C=O) groups excluding carboxylic acids is 2. The smallest absolute Gasteiger partial charge is 0.243 e. The second-order valence-electron chi connectivity index (χ2n) is 10.9. The molecule has 7 nitrogen and oxygen atoms in total. The molecule has 1 fully saturated rings. The Morgan fingerprint density at radius 1 is 0.907 bits per heavy atom. The highest BCUT2D eigenvalue weighted by Gasteiger charge is 2.32. The minimum atomic E-state index is -3.73. The van der Waals surface area contributed by atoms with Gasteiger partial charge in [-0.25, -0.2) is 8.42 Å². The van der Waals surface area contributed by atoms with E-state index in [1.54, 1.807) is 23.1 Å². The van der Waals surface area contributed by atoms with Crippen LogP contribution in [0, 0.1) is 0 Å². The summed E-state index contributed by atoms with van der Waals surface area (Å²) in [5.74, 6) is -0.470. The third-order valence-corrected chi connectivity index (χ3v) is 9.51. The van der Waals surface area contributed by atoms with Gasteiger partial charge in [0.15, 0.2) is 0 Å². The lowest BCUT2D eigenvalue weighted by Gasteiger charge is -2.33. The average Bonchev–Trinajstić information content (AvgIpc) is 3.47. The Bertz CT molecular complexity index is 1520. The van der Waals surface area contributed by atoms with Crippen LogP contribution in [0.3, 0.4) is 0 Å². The molecule has 0 aliphatic heterocycles. The van der Waals surface area contributed by atoms with Crippen LogP contribution in [0.4, 0.5) is 5.69 Å². The number of hydrogen-bond donors (Lipinski definition) is 1. The number of carbonyl (C=O) groups is 2. The normalized spacial score (nSPS) is 14.3. The lowest BCUT2D eigenvalue weighted by molar-refractivity contribution is -0.141. The fraction of sp³-hybridized carbons (Fsp3) is 0.375. The SMILES string of the molecule is CS(=O)(=O)N(CCCC(=O)N(Cc1cccc(Cl)c1)C(Cc1ccccc1)C(=O)NC1CCCC1)c1cc(Cl)ccc1Cl. The van der Waals surface area contributed by atoms with Gasteiger partial charge in [-0.3, -0.25) is 13.9 Å². The van der Waals surface area contributed by atoms with Gasteiger partial charge in [0.25, 0.3) is 0 Å². The highest BCUT2D eigenvalue weighted by atomic mass is 35.5. The molecular formula is C32H36Cl3N3O4S. The summed E-state index contributed by atoms with van der Waals surface area (Å²) in [6, 6.07) is 20.7. The van der Waals surface area contributed by atoms with Gasteiger partial charge in [-0.1, -0.05) is 90.1 Å². The van der Waals surface area contributed by atoms with E-state index in [0.29, 0.717) is 16.5 Å². The number of halogens is 3. The second kappa shape index (κ2) is 15.3. The van der Waals surface area contributed by atoms with E-state index >= 15 is 0 Å². The van der Waals surface area contributed by atoms with Gasteiger partial charge in [0.2, 0.25) is 21.8 Å². The molecule has 3 aromatic carbocycles. The van der Waals surface area contributed by atoms with E-state index in [0.717, 1.165) is 47.4 Å². The minimum Gasteiger partial charge on any atom is -0.352 e. The fourth-order valence-corrected chi connectivity index (χ4v) is 7.03. The summed E-state index contributed by atoms with van der Waals surface area (Å²) < 4.78 is 26.6. The van der Waals surface area contributed by atoms with Crippen LogP contribution in [-0.4, -0.2) is 50.0 Å². The van der Waals surface area contributed by atoms with Crippen LogP contribution < -0.4 is 9.62 Å². The van der Waals surface area contributed by atoms with Gasteiger partial charge in [0, 0.05) is 42.0 Å². The molecule has 1 aliphatic rings. The lowest BCUT2D eigenvalue weighted by atomic mass is 10.0. The summed E-state index contributed by atoms with van der Waals surface area (Å²) in [5.41, 5.74) is 1.96. The standard InChI is InChI=1S/C32H36Cl3N3O4S/c1-43(41,42)38(29-21-26(34)16-17-28(29)35)18-8-15-31(39)37(22-24-11-7-12-25(33)19-24)30(20-23-9-3-2-4-10-23)32(40)36-27-13-5-6-14-27/h2-4,7,9-12,16-17,19,21,27,30H,5-6,8,13-15,18,20,22H2,1H3,(H,36,40). The molecular weight excluding hydrogens is 629 g/mol. The minimum absolute atomic E-state index is 0.00672. The van der Waals surface area contributed by atoms with E-state index in [4.69, 9.17) is 34.8 Å². The van der Waals surface area contributed by atoms with Crippen molar-refractivity contribution >= 4 is 62.3 Å². The van der Waals surface area contributed by atoms with Crippen molar-refractivity contribution in [1.29, 1.82) is 0 Å². The van der Waals surface area contributed by atoms with Crippen LogP contribution in [0.25, 0.3) is 0 Å². The third-order valence-electron chi connectivity index (χ3n) is 7.54. The first kappa shape index (κ1) is 33.1. The Hall–Kier alpha value is -2.78. The predicted molar refractivity (Wildman–Crippen MR) is 174 cm³/mol. The molecule has 0 spiro atoms. The van der Waals surface area contributed by atoms with E-state index < -0.39 is 16.1 Å². The second-order valence-corrected chi connectivity index (χ2v) is 14.1. The zero-order chi connectivity index (χ0) is 31.0. The van der Waals surface area contributed by atoms with E-state index in [-0.39, 0.29) is 54.5 Å². The van der Waals surface area contributed by atoms with E-state index in [9.17, 15) is 18.0 Å². The number of hydrogen-bond acceptors (Lipinski definition) is 4. The molecule has 0 bridgehead atoms. The lowest BCUT2D eigenvalue weighted by Crippen LogP contribution is -2.52. The predicted octanol–water partition coefficient (Wildman–Crippen LogP) is 6.89. The number of rotatable bonds is 13. The topological polar surface area (TPSA) is 86.8 Å². The van der Waals surface area contributed by atoms with Crippen molar-refractivity contribution in [2.24, 2.45) is 0 Å². The Morgan fingerprint density at radius 3 is 2.26 bits per heavy atom. The van der Waals surface area contributed by atoms with E-state index in [1.807, 2.05) is 42.5 Å². The summed E-state index contributed by atoms with van der Waals surface area (Å²) in [6.45, 7) is 0.179. The van der Waals surface area contributed by atoms with Crippen molar-refractivity contribution in [2.45, 2.75) is 63.6 Å². The van der Waals surface area contributed by atoms with Gasteiger partial charge in [0.1, 0.15) is 6.04 Å². The number of benzene rings is 3. The number of anilines is 1. The maximum atomic E-state index is 14.0. The Morgan fingerprint density at radius 2 is 1.58 bits per heavy atom. The highest BCUT2D eigenvalue weighted by Crippen LogP contribution is 2.31. The quantitative estimate of drug-likeness (QED) is 0.216. The molecule has 1 saturated carbocycles. The monoisotopic (exact) mass is 663 g/mol. The zero-order valence-electron chi connectivity index (χ0n) is 24.0. The first-order valence-electron chi connectivity index (χ1n) is 14.3. The van der Waals surface area contributed by atoms with Crippen LogP contribution in [-0.2, 0) is 32.6 Å². The molecule has 1 unspecified atom stereocenters. The summed E-state index contributed by atoms with van der Waals surface area (Å²) in [5, 5.41) is 4.29. The molecule has 1 aliphatic carbocycles. The van der Waals surface area contributed by atoms with Crippen molar-refractivity contribution < 1.29 is 18.0 Å². The maximum Gasteiger partial charge on any atom is 0.243 e. The molecule has 1 N–H and O–H groups in total. The van der Waals surface area contributed by atoms with Gasteiger partial charge in [-0.15, -0.1) is 0 Å². The number of nitrogens with one attached hydrogen (secondary N) is 1. The molecule has 11 heteroatoms. The maximum absolute atomic E-state index is 14.0. The van der Waals surface area contributed by atoms with Gasteiger partial charge in [-0.05, 0) is 60.7 Å². The number of nitrogens with zero attached hydrogens (tertiary/aromatic N) is 2. The van der Waals surface area contributed by atoms with Crippen LogP contribution >= 0.6 is 34.8 Å². The largest absolute Gasteiger partial charge is 0.352 e. The molecule has 0 heterocycles. The van der Waals surface area contributed by atoms with Crippen molar-refractivity contribution in [3.8, 4) is 0 Å². The van der Waals surface area contributed by atoms with Crippen molar-refractivity contribution in [3.05, 3.63) is 99.0 Å². The summed E-state index contributed by atoms with van der Waals surface area (Å²) in [7, 11) is -3.73. The van der Waals surface area contributed by atoms with Crippen molar-refractivity contribution in [2.75, 3.05) is 17.1 Å². The highest BCUT2D eigenvalue weighted by molar-refractivity contribution is 7.92. The van der Waals surface area contributed by atoms with Gasteiger partial charge in [-0.2, -0.15) is 0 Å². The van der Waals surface area contributed by atoms with Crippen LogP contribution in [0.2, 0.25) is 15.1 Å². The fourth-order valence-electron chi connectivity index (χ4n) is 5.41. The molecule has 0 radical (unpaired) electrons. The molecule has 230 valence electrons. The van der Waals surface area contributed by atoms with Crippen molar-refractivity contribution in [3.63, 3.8) is 0 Å². The van der Waals surface area contributed by atoms with Crippen molar-refractivity contribution in [1.82, 2.24) is 10.2 Å². The number of sulfonamides is 1. The summed E-state index contributed by atoms with van der Waals surface area (Å²) in [4.78, 5) is 29.4. The van der Waals surface area contributed by atoms with E-state index in [2.05, 4.69) is 5.32 Å². The molecule has 2 amide bonds. The van der Waals surface area contributed by atoms with Crippen LogP contribution in [0.15, 0.2) is 72.8 Å². The van der Waals surface area contributed by atoms with E-state index in [1.165, 1.54) is 12.1 Å². The van der Waals surface area contributed by atoms with Gasteiger partial charge in [0.05, 0.1) is 17.0 Å². The van der Waals surface area contributed by atoms with Crippen LogP contribution in [0.5, 0.6) is 0 Å². The average molecular weight is 665 g/mol. The third kappa shape index (κ3) is 9.60. The first-order valence-corrected chi connectivity index (χ1v) is 17.3. The molecule has 0 aromatic heterocycles. The molecule has 43 heavy (non-hydrogen) atoms. The first-order chi connectivity index (χ1) is 20.5. The molecule has 4 rings (SSSR count).